The van der Waals surface area contributed by atoms with E-state index in [1.807, 2.05) is 0 Å². The maximum Gasteiger partial charge on any atom is 0.187 e. The average molecular weight is 310 g/mol. The number of hydrogen-bond donors (Lipinski definition) is 6. The Morgan fingerprint density at radius 1 is 0.810 bits per heavy atom. The summed E-state index contributed by atoms with van der Waals surface area (Å²) < 4.78 is 15.8. The molecule has 2 heterocycles. The van der Waals surface area contributed by atoms with Gasteiger partial charge in [0.1, 0.15) is 30.5 Å². The highest BCUT2D eigenvalue weighted by molar-refractivity contribution is 4.90. The van der Waals surface area contributed by atoms with Crippen molar-refractivity contribution in [1.82, 2.24) is 0 Å². The second-order valence-electron chi connectivity index (χ2n) is 5.26. The van der Waals surface area contributed by atoms with Crippen molar-refractivity contribution in [1.29, 1.82) is 0 Å². The van der Waals surface area contributed by atoms with E-state index in [1.54, 1.807) is 0 Å². The number of rotatable bonds is 4. The highest BCUT2D eigenvalue weighted by atomic mass is 16.7. The lowest BCUT2D eigenvalue weighted by Gasteiger charge is -2.42. The van der Waals surface area contributed by atoms with Crippen LogP contribution in [0.1, 0.15) is 12.8 Å². The monoisotopic (exact) mass is 310 g/mol. The maximum absolute atomic E-state index is 9.87. The third kappa shape index (κ3) is 3.70. The zero-order valence-corrected chi connectivity index (χ0v) is 11.4. The van der Waals surface area contributed by atoms with Crippen molar-refractivity contribution in [2.75, 3.05) is 13.2 Å². The van der Waals surface area contributed by atoms with Crippen LogP contribution in [0.3, 0.4) is 0 Å². The lowest BCUT2D eigenvalue weighted by Crippen LogP contribution is -2.60. The maximum atomic E-state index is 9.87. The van der Waals surface area contributed by atoms with Crippen LogP contribution in [0.5, 0.6) is 0 Å². The summed E-state index contributed by atoms with van der Waals surface area (Å²) in [6.07, 6.45) is -8.60. The number of ether oxygens (including phenoxy) is 3. The zero-order chi connectivity index (χ0) is 15.6. The number of aliphatic hydroxyl groups is 6. The Balaban J connectivity index is 2.00. The molecular weight excluding hydrogens is 288 g/mol. The van der Waals surface area contributed by atoms with Crippen LogP contribution in [0.25, 0.3) is 0 Å². The van der Waals surface area contributed by atoms with Gasteiger partial charge in [0.15, 0.2) is 12.6 Å². The van der Waals surface area contributed by atoms with Gasteiger partial charge in [0.05, 0.1) is 19.3 Å². The summed E-state index contributed by atoms with van der Waals surface area (Å²) in [4.78, 5) is 0. The minimum absolute atomic E-state index is 0.290. The second kappa shape index (κ2) is 7.27. The molecule has 0 bridgehead atoms. The Morgan fingerprint density at radius 3 is 2.10 bits per heavy atom. The standard InChI is InChI=1S/C12H22O9/c13-3-6-5(1-2-8(15)19-6)20-12-11(18)10(17)9(16)7(4-14)21-12/h5-18H,1-4H2/t5?,6-,7-,8+,9+,10+,11-,12-/m1/s1. The van der Waals surface area contributed by atoms with Gasteiger partial charge >= 0.3 is 0 Å². The van der Waals surface area contributed by atoms with Gasteiger partial charge in [-0.15, -0.1) is 0 Å². The summed E-state index contributed by atoms with van der Waals surface area (Å²) >= 11 is 0. The van der Waals surface area contributed by atoms with Gasteiger partial charge in [-0.05, 0) is 6.42 Å². The van der Waals surface area contributed by atoms with Crippen molar-refractivity contribution in [3.8, 4) is 0 Å². The Bertz CT molecular complexity index is 326. The largest absolute Gasteiger partial charge is 0.394 e. The first-order chi connectivity index (χ1) is 9.97. The van der Waals surface area contributed by atoms with Gasteiger partial charge < -0.3 is 44.8 Å². The Morgan fingerprint density at radius 2 is 1.48 bits per heavy atom. The van der Waals surface area contributed by atoms with E-state index < -0.39 is 55.8 Å². The second-order valence-corrected chi connectivity index (χ2v) is 5.26. The van der Waals surface area contributed by atoms with Crippen molar-refractivity contribution < 1.29 is 44.8 Å². The molecule has 0 saturated carbocycles. The molecule has 0 aromatic carbocycles. The summed E-state index contributed by atoms with van der Waals surface area (Å²) in [6.45, 7) is -0.937. The van der Waals surface area contributed by atoms with Crippen molar-refractivity contribution in [3.63, 3.8) is 0 Å². The van der Waals surface area contributed by atoms with Crippen LogP contribution in [-0.4, -0.2) is 93.1 Å². The summed E-state index contributed by atoms with van der Waals surface area (Å²) in [5, 5.41) is 56.9. The first-order valence-corrected chi connectivity index (χ1v) is 6.88. The van der Waals surface area contributed by atoms with Gasteiger partial charge in [-0.3, -0.25) is 0 Å². The van der Waals surface area contributed by atoms with E-state index in [0.29, 0.717) is 12.8 Å². The fourth-order valence-electron chi connectivity index (χ4n) is 2.52. The van der Waals surface area contributed by atoms with Crippen LogP contribution in [0.2, 0.25) is 0 Å². The molecule has 8 atom stereocenters. The Labute approximate surface area is 121 Å². The molecular formula is C12H22O9. The Hall–Kier alpha value is -0.360. The van der Waals surface area contributed by atoms with Crippen molar-refractivity contribution >= 4 is 0 Å². The molecule has 0 spiro atoms. The van der Waals surface area contributed by atoms with Crippen LogP contribution in [-0.2, 0) is 14.2 Å². The molecule has 2 aliphatic heterocycles. The van der Waals surface area contributed by atoms with Crippen molar-refractivity contribution in [3.05, 3.63) is 0 Å². The predicted molar refractivity (Wildman–Crippen MR) is 65.8 cm³/mol. The lowest BCUT2D eigenvalue weighted by atomic mass is 9.99. The molecule has 0 aromatic heterocycles. The molecule has 2 aliphatic rings. The Kier molecular flexibility index (Phi) is 5.88. The minimum Gasteiger partial charge on any atom is -0.394 e. The molecule has 124 valence electrons. The van der Waals surface area contributed by atoms with Gasteiger partial charge in [0.2, 0.25) is 0 Å². The van der Waals surface area contributed by atoms with E-state index in [2.05, 4.69) is 0 Å². The van der Waals surface area contributed by atoms with Crippen LogP contribution < -0.4 is 0 Å². The normalized spacial score (nSPS) is 48.3. The third-order valence-corrected chi connectivity index (χ3v) is 3.78. The van der Waals surface area contributed by atoms with Crippen molar-refractivity contribution in [2.24, 2.45) is 0 Å². The summed E-state index contributed by atoms with van der Waals surface area (Å²) in [7, 11) is 0. The molecule has 2 saturated heterocycles. The summed E-state index contributed by atoms with van der Waals surface area (Å²) in [5.74, 6) is 0. The quantitative estimate of drug-likeness (QED) is 0.313. The van der Waals surface area contributed by atoms with Gasteiger partial charge in [-0.2, -0.15) is 0 Å². The van der Waals surface area contributed by atoms with E-state index in [9.17, 15) is 25.5 Å². The molecule has 21 heavy (non-hydrogen) atoms. The first-order valence-electron chi connectivity index (χ1n) is 6.88. The van der Waals surface area contributed by atoms with E-state index >= 15 is 0 Å². The molecule has 0 aromatic rings. The molecule has 6 N–H and O–H groups in total. The molecule has 2 rings (SSSR count). The highest BCUT2D eigenvalue weighted by Gasteiger charge is 2.46. The molecule has 1 unspecified atom stereocenters. The SMILES string of the molecule is OC[C@H]1O[C@H](O)CCC1O[C@@H]1O[C@H](CO)[C@H](O)[C@H](O)[C@H]1O. The summed E-state index contributed by atoms with van der Waals surface area (Å²) in [6, 6.07) is 0. The van der Waals surface area contributed by atoms with E-state index in [0.717, 1.165) is 0 Å². The van der Waals surface area contributed by atoms with Crippen LogP contribution in [0.4, 0.5) is 0 Å². The molecule has 9 heteroatoms. The number of aliphatic hydroxyl groups excluding tert-OH is 6. The molecule has 2 fully saturated rings. The van der Waals surface area contributed by atoms with Crippen molar-refractivity contribution in [2.45, 2.75) is 62.0 Å². The van der Waals surface area contributed by atoms with Gasteiger partial charge in [0, 0.05) is 6.42 Å². The highest BCUT2D eigenvalue weighted by Crippen LogP contribution is 2.27. The average Bonchev–Trinajstić information content (AvgIpc) is 2.49. The topological polar surface area (TPSA) is 149 Å². The van der Waals surface area contributed by atoms with Gasteiger partial charge in [-0.25, -0.2) is 0 Å². The van der Waals surface area contributed by atoms with Gasteiger partial charge in [-0.1, -0.05) is 0 Å². The molecule has 0 amide bonds. The van der Waals surface area contributed by atoms with E-state index in [4.69, 9.17) is 19.3 Å². The fourth-order valence-corrected chi connectivity index (χ4v) is 2.52. The summed E-state index contributed by atoms with van der Waals surface area (Å²) in [5.41, 5.74) is 0. The smallest absolute Gasteiger partial charge is 0.187 e. The molecule has 9 nitrogen and oxygen atoms in total. The van der Waals surface area contributed by atoms with Crippen LogP contribution in [0, 0.1) is 0 Å². The first kappa shape index (κ1) is 17.0. The minimum atomic E-state index is -1.52. The van der Waals surface area contributed by atoms with E-state index in [-0.39, 0.29) is 6.61 Å². The van der Waals surface area contributed by atoms with E-state index in [1.165, 1.54) is 0 Å². The molecule has 0 aliphatic carbocycles. The lowest BCUT2D eigenvalue weighted by molar-refractivity contribution is -0.330. The van der Waals surface area contributed by atoms with Crippen LogP contribution >= 0.6 is 0 Å². The predicted octanol–water partition coefficient (Wildman–Crippen LogP) is -3.34. The number of hydrogen-bond acceptors (Lipinski definition) is 9. The van der Waals surface area contributed by atoms with Crippen LogP contribution in [0.15, 0.2) is 0 Å². The zero-order valence-electron chi connectivity index (χ0n) is 11.4. The third-order valence-electron chi connectivity index (χ3n) is 3.78. The fraction of sp³-hybridized carbons (Fsp3) is 1.00. The molecule has 0 radical (unpaired) electrons. The van der Waals surface area contributed by atoms with Gasteiger partial charge in [0.25, 0.3) is 0 Å².